The van der Waals surface area contributed by atoms with Crippen molar-refractivity contribution in [3.8, 4) is 22.3 Å². The highest BCUT2D eigenvalue weighted by Gasteiger charge is 2.35. The Labute approximate surface area is 262 Å². The molecule has 0 saturated carbocycles. The predicted molar refractivity (Wildman–Crippen MR) is 189 cm³/mol. The third-order valence-electron chi connectivity index (χ3n) is 9.66. The van der Waals surface area contributed by atoms with E-state index in [1.165, 1.54) is 49.5 Å². The number of para-hydroxylation sites is 2. The molecule has 0 amide bonds. The van der Waals surface area contributed by atoms with Gasteiger partial charge in [0.05, 0.1) is 0 Å². The highest BCUT2D eigenvalue weighted by molar-refractivity contribution is 6.19. The lowest BCUT2D eigenvalue weighted by molar-refractivity contribution is 0.660. The molecule has 1 aromatic heterocycles. The van der Waals surface area contributed by atoms with Crippen LogP contribution >= 0.6 is 0 Å². The number of furan rings is 1. The summed E-state index contributed by atoms with van der Waals surface area (Å²) in [5.41, 5.74) is 13.1. The molecule has 214 valence electrons. The van der Waals surface area contributed by atoms with Crippen LogP contribution in [0.4, 0.5) is 17.1 Å². The van der Waals surface area contributed by atoms with E-state index in [1.807, 2.05) is 12.1 Å². The maximum absolute atomic E-state index is 6.13. The lowest BCUT2D eigenvalue weighted by Crippen LogP contribution is -2.16. The van der Waals surface area contributed by atoms with Crippen LogP contribution in [0.3, 0.4) is 0 Å². The van der Waals surface area contributed by atoms with Gasteiger partial charge in [-0.3, -0.25) is 0 Å². The second-order valence-corrected chi connectivity index (χ2v) is 12.6. The molecule has 1 aliphatic rings. The Morgan fingerprint density at radius 1 is 0.467 bits per heavy atom. The Morgan fingerprint density at radius 2 is 1.16 bits per heavy atom. The first-order chi connectivity index (χ1) is 22.1. The zero-order chi connectivity index (χ0) is 30.1. The number of hydrogen-bond donors (Lipinski definition) is 0. The second kappa shape index (κ2) is 9.70. The Hall–Kier alpha value is -5.60. The van der Waals surface area contributed by atoms with E-state index in [1.54, 1.807) is 0 Å². The van der Waals surface area contributed by atoms with Crippen molar-refractivity contribution in [2.75, 3.05) is 4.90 Å². The molecule has 0 saturated heterocycles. The number of fused-ring (bicyclic) bond motifs is 8. The monoisotopic (exact) mass is 577 g/mol. The average molecular weight is 578 g/mol. The zero-order valence-electron chi connectivity index (χ0n) is 25.3. The fourth-order valence-electron chi connectivity index (χ4n) is 7.39. The van der Waals surface area contributed by atoms with Gasteiger partial charge < -0.3 is 9.32 Å². The summed E-state index contributed by atoms with van der Waals surface area (Å²) >= 11 is 0. The van der Waals surface area contributed by atoms with Crippen molar-refractivity contribution in [2.45, 2.75) is 19.3 Å². The summed E-state index contributed by atoms with van der Waals surface area (Å²) in [7, 11) is 0. The summed E-state index contributed by atoms with van der Waals surface area (Å²) in [6.07, 6.45) is 0. The first-order valence-corrected chi connectivity index (χ1v) is 15.6. The third kappa shape index (κ3) is 3.96. The van der Waals surface area contributed by atoms with Crippen molar-refractivity contribution < 1.29 is 4.42 Å². The van der Waals surface area contributed by atoms with Gasteiger partial charge in [0.15, 0.2) is 0 Å². The Morgan fingerprint density at radius 3 is 2.02 bits per heavy atom. The molecule has 2 heteroatoms. The number of rotatable bonds is 4. The van der Waals surface area contributed by atoms with E-state index in [0.717, 1.165) is 33.6 Å². The van der Waals surface area contributed by atoms with Gasteiger partial charge in [-0.1, -0.05) is 111 Å². The van der Waals surface area contributed by atoms with Crippen LogP contribution in [0.2, 0.25) is 0 Å². The topological polar surface area (TPSA) is 16.4 Å². The SMILES string of the molecule is CC1(C)c2ccccc2-c2ccc(N(c3ccccc3)c3ccc(-c4ccc5c(ccc6oc7ccccc7c65)c4)cc3)cc21. The van der Waals surface area contributed by atoms with Gasteiger partial charge in [0.25, 0.3) is 0 Å². The molecular formula is C43H31NO. The van der Waals surface area contributed by atoms with Crippen molar-refractivity contribution in [2.24, 2.45) is 0 Å². The molecule has 0 N–H and O–H groups in total. The quantitative estimate of drug-likeness (QED) is 0.207. The summed E-state index contributed by atoms with van der Waals surface area (Å²) in [5.74, 6) is 0. The molecule has 45 heavy (non-hydrogen) atoms. The van der Waals surface area contributed by atoms with Gasteiger partial charge in [-0.25, -0.2) is 0 Å². The number of anilines is 3. The molecular weight excluding hydrogens is 546 g/mol. The molecule has 0 fully saturated rings. The fraction of sp³-hybridized carbons (Fsp3) is 0.0698. The number of nitrogens with zero attached hydrogens (tertiary/aromatic N) is 1. The van der Waals surface area contributed by atoms with Crippen molar-refractivity contribution in [1.29, 1.82) is 0 Å². The smallest absolute Gasteiger partial charge is 0.136 e. The number of benzene rings is 7. The minimum absolute atomic E-state index is 0.0570. The maximum Gasteiger partial charge on any atom is 0.136 e. The largest absolute Gasteiger partial charge is 0.456 e. The van der Waals surface area contributed by atoms with E-state index >= 15 is 0 Å². The van der Waals surface area contributed by atoms with Gasteiger partial charge in [-0.15, -0.1) is 0 Å². The van der Waals surface area contributed by atoms with E-state index in [2.05, 4.69) is 158 Å². The molecule has 7 aromatic carbocycles. The Kier molecular flexibility index (Phi) is 5.58. The van der Waals surface area contributed by atoms with Gasteiger partial charge in [0.1, 0.15) is 11.2 Å². The van der Waals surface area contributed by atoms with E-state index in [4.69, 9.17) is 4.42 Å². The van der Waals surface area contributed by atoms with Crippen molar-refractivity contribution >= 4 is 49.8 Å². The second-order valence-electron chi connectivity index (χ2n) is 12.6. The first kappa shape index (κ1) is 25.9. The van der Waals surface area contributed by atoms with E-state index in [9.17, 15) is 0 Å². The minimum atomic E-state index is -0.0570. The van der Waals surface area contributed by atoms with Crippen LogP contribution in [0, 0.1) is 0 Å². The molecule has 1 heterocycles. The molecule has 0 radical (unpaired) electrons. The summed E-state index contributed by atoms with van der Waals surface area (Å²) in [4.78, 5) is 2.37. The van der Waals surface area contributed by atoms with Gasteiger partial charge in [0, 0.05) is 33.2 Å². The summed E-state index contributed by atoms with van der Waals surface area (Å²) < 4.78 is 6.13. The zero-order valence-corrected chi connectivity index (χ0v) is 25.3. The summed E-state index contributed by atoms with van der Waals surface area (Å²) in [6, 6.07) is 54.7. The van der Waals surface area contributed by atoms with E-state index < -0.39 is 0 Å². The van der Waals surface area contributed by atoms with Crippen LogP contribution in [0.25, 0.3) is 55.0 Å². The Balaban J connectivity index is 1.12. The van der Waals surface area contributed by atoms with E-state index in [-0.39, 0.29) is 5.41 Å². The van der Waals surface area contributed by atoms with E-state index in [0.29, 0.717) is 0 Å². The van der Waals surface area contributed by atoms with Crippen molar-refractivity contribution in [3.63, 3.8) is 0 Å². The highest BCUT2D eigenvalue weighted by atomic mass is 16.3. The molecule has 0 atom stereocenters. The lowest BCUT2D eigenvalue weighted by Gasteiger charge is -2.28. The predicted octanol–water partition coefficient (Wildman–Crippen LogP) is 12.2. The molecule has 2 nitrogen and oxygen atoms in total. The van der Waals surface area contributed by atoms with Crippen molar-refractivity contribution in [3.05, 3.63) is 163 Å². The van der Waals surface area contributed by atoms with Gasteiger partial charge in [-0.2, -0.15) is 0 Å². The summed E-state index contributed by atoms with van der Waals surface area (Å²) in [6.45, 7) is 4.68. The molecule has 0 bridgehead atoms. The van der Waals surface area contributed by atoms with Gasteiger partial charge in [-0.05, 0) is 98.8 Å². The van der Waals surface area contributed by atoms with Crippen molar-refractivity contribution in [1.82, 2.24) is 0 Å². The molecule has 8 aromatic rings. The molecule has 0 aliphatic heterocycles. The van der Waals surface area contributed by atoms with Crippen LogP contribution < -0.4 is 4.90 Å². The minimum Gasteiger partial charge on any atom is -0.456 e. The van der Waals surface area contributed by atoms with Crippen LogP contribution in [0.5, 0.6) is 0 Å². The normalized spacial score (nSPS) is 13.3. The molecule has 1 aliphatic carbocycles. The fourth-order valence-corrected chi connectivity index (χ4v) is 7.39. The highest BCUT2D eigenvalue weighted by Crippen LogP contribution is 2.50. The van der Waals surface area contributed by atoms with Crippen LogP contribution in [0.15, 0.2) is 156 Å². The maximum atomic E-state index is 6.13. The average Bonchev–Trinajstić information content (AvgIpc) is 3.58. The van der Waals surface area contributed by atoms with Crippen LogP contribution in [-0.2, 0) is 5.41 Å². The molecule has 0 unspecified atom stereocenters. The molecule has 9 rings (SSSR count). The third-order valence-corrected chi connectivity index (χ3v) is 9.66. The standard InChI is InChI=1S/C43H31NO/c1-43(2)38-14-8-6-12-35(38)36-24-22-33(27-39(36)43)44(31-10-4-3-5-11-31)32-20-16-28(17-21-32)29-18-23-34-30(26-29)19-25-41-42(34)37-13-7-9-15-40(37)45-41/h3-27H,1-2H3. The van der Waals surface area contributed by atoms with Gasteiger partial charge >= 0.3 is 0 Å². The lowest BCUT2D eigenvalue weighted by atomic mass is 9.82. The first-order valence-electron chi connectivity index (χ1n) is 15.6. The Bertz CT molecular complexity index is 2400. The van der Waals surface area contributed by atoms with Crippen LogP contribution in [-0.4, -0.2) is 0 Å². The summed E-state index contributed by atoms with van der Waals surface area (Å²) in [5, 5.41) is 4.78. The van der Waals surface area contributed by atoms with Gasteiger partial charge in [0.2, 0.25) is 0 Å². The van der Waals surface area contributed by atoms with Crippen LogP contribution in [0.1, 0.15) is 25.0 Å². The number of hydrogen-bond acceptors (Lipinski definition) is 2. The molecule has 0 spiro atoms.